The summed E-state index contributed by atoms with van der Waals surface area (Å²) in [6.07, 6.45) is 8.06. The number of fused-ring (bicyclic) bond motifs is 3. The average Bonchev–Trinajstić information content (AvgIpc) is 3.47. The van der Waals surface area contributed by atoms with Gasteiger partial charge in [-0.25, -0.2) is 9.97 Å². The van der Waals surface area contributed by atoms with E-state index in [9.17, 15) is 0 Å². The predicted molar refractivity (Wildman–Crippen MR) is 130 cm³/mol. The van der Waals surface area contributed by atoms with Gasteiger partial charge in [0.15, 0.2) is 0 Å². The molecule has 0 spiro atoms. The Morgan fingerprint density at radius 2 is 1.88 bits per heavy atom. The van der Waals surface area contributed by atoms with Crippen molar-refractivity contribution in [3.63, 3.8) is 0 Å². The van der Waals surface area contributed by atoms with E-state index in [4.69, 9.17) is 4.98 Å². The second-order valence-electron chi connectivity index (χ2n) is 8.89. The highest BCUT2D eigenvalue weighted by molar-refractivity contribution is 7.17. The monoisotopic (exact) mass is 463 g/mol. The molecular formula is C23H25N7S2. The maximum Gasteiger partial charge on any atom is 0.245 e. The van der Waals surface area contributed by atoms with Gasteiger partial charge in [-0.3, -0.25) is 0 Å². The molecule has 4 aromatic rings. The molecule has 2 aliphatic heterocycles. The lowest BCUT2D eigenvalue weighted by Crippen LogP contribution is -2.54. The van der Waals surface area contributed by atoms with E-state index in [2.05, 4.69) is 55.0 Å². The molecule has 1 aromatic carbocycles. The lowest BCUT2D eigenvalue weighted by molar-refractivity contribution is 0.218. The molecule has 0 radical (unpaired) electrons. The van der Waals surface area contributed by atoms with E-state index >= 15 is 0 Å². The van der Waals surface area contributed by atoms with Gasteiger partial charge in [0.25, 0.3) is 0 Å². The van der Waals surface area contributed by atoms with Gasteiger partial charge in [0.2, 0.25) is 5.95 Å². The van der Waals surface area contributed by atoms with E-state index in [-0.39, 0.29) is 0 Å². The van der Waals surface area contributed by atoms with Crippen LogP contribution < -0.4 is 10.2 Å². The first-order valence-electron chi connectivity index (χ1n) is 11.1. The summed E-state index contributed by atoms with van der Waals surface area (Å²) in [6, 6.07) is 8.05. The fraction of sp³-hybridized carbons (Fsp3) is 0.435. The van der Waals surface area contributed by atoms with Crippen LogP contribution in [0.3, 0.4) is 0 Å². The first-order valence-corrected chi connectivity index (χ1v) is 12.8. The molecule has 2 atom stereocenters. The van der Waals surface area contributed by atoms with E-state index in [0.29, 0.717) is 24.1 Å². The molecule has 9 heteroatoms. The molecule has 164 valence electrons. The molecule has 2 bridgehead atoms. The molecule has 0 amide bonds. The summed E-state index contributed by atoms with van der Waals surface area (Å²) >= 11 is 3.14. The zero-order valence-electron chi connectivity index (χ0n) is 18.2. The number of piperidine rings is 2. The van der Waals surface area contributed by atoms with Gasteiger partial charge in [0.1, 0.15) is 5.69 Å². The molecule has 2 aliphatic rings. The minimum absolute atomic E-state index is 0.467. The summed E-state index contributed by atoms with van der Waals surface area (Å²) in [5, 5.41) is 12.9. The lowest BCUT2D eigenvalue weighted by Gasteiger charge is -2.43. The Kier molecular flexibility index (Phi) is 5.12. The van der Waals surface area contributed by atoms with Crippen LogP contribution in [0.2, 0.25) is 0 Å². The fourth-order valence-corrected chi connectivity index (χ4v) is 6.73. The third kappa shape index (κ3) is 3.58. The van der Waals surface area contributed by atoms with Gasteiger partial charge >= 0.3 is 0 Å². The van der Waals surface area contributed by atoms with Crippen molar-refractivity contribution in [1.82, 2.24) is 29.9 Å². The zero-order chi connectivity index (χ0) is 21.7. The standard InChI is InChI=1S/C23H25N7S2/c1-13-8-20(32-29-13)18-7-6-17(22-21(18)25-12-31-22)19-11-24-23(28-27-19)30(2)16-9-14-4-3-5-15(10-16)26-14/h6-8,11-12,14-16,26H,3-5,9-10H2,1-2H3/t14-,15-/m0/s1. The quantitative estimate of drug-likeness (QED) is 0.470. The Balaban J connectivity index is 1.28. The fourth-order valence-electron chi connectivity index (χ4n) is 5.11. The summed E-state index contributed by atoms with van der Waals surface area (Å²) in [4.78, 5) is 12.7. The predicted octanol–water partition coefficient (Wildman–Crippen LogP) is 4.69. The molecular weight excluding hydrogens is 438 g/mol. The van der Waals surface area contributed by atoms with E-state index in [0.717, 1.165) is 50.5 Å². The third-order valence-electron chi connectivity index (χ3n) is 6.76. The van der Waals surface area contributed by atoms with Crippen LogP contribution in [0.25, 0.3) is 31.9 Å². The Morgan fingerprint density at radius 3 is 2.59 bits per heavy atom. The van der Waals surface area contributed by atoms with E-state index in [1.165, 1.54) is 30.8 Å². The molecule has 1 N–H and O–H groups in total. The summed E-state index contributed by atoms with van der Waals surface area (Å²) in [7, 11) is 2.11. The van der Waals surface area contributed by atoms with Gasteiger partial charge in [-0.05, 0) is 50.2 Å². The third-order valence-corrected chi connectivity index (χ3v) is 8.53. The van der Waals surface area contributed by atoms with Crippen LogP contribution in [0.4, 0.5) is 5.95 Å². The summed E-state index contributed by atoms with van der Waals surface area (Å²) in [5.74, 6) is 0.705. The number of rotatable bonds is 4. The zero-order valence-corrected chi connectivity index (χ0v) is 19.8. The largest absolute Gasteiger partial charge is 0.339 e. The summed E-state index contributed by atoms with van der Waals surface area (Å²) < 4.78 is 5.53. The number of aromatic nitrogens is 5. The lowest BCUT2D eigenvalue weighted by atomic mass is 9.83. The highest BCUT2D eigenvalue weighted by Crippen LogP contribution is 2.38. The van der Waals surface area contributed by atoms with E-state index in [1.54, 1.807) is 11.3 Å². The number of anilines is 1. The van der Waals surface area contributed by atoms with Crippen molar-refractivity contribution in [3.8, 4) is 21.7 Å². The molecule has 32 heavy (non-hydrogen) atoms. The van der Waals surface area contributed by atoms with E-state index in [1.807, 2.05) is 18.6 Å². The van der Waals surface area contributed by atoms with Crippen molar-refractivity contribution in [2.75, 3.05) is 11.9 Å². The second-order valence-corrected chi connectivity index (χ2v) is 10.6. The molecule has 5 heterocycles. The SMILES string of the molecule is Cc1cc(-c2ccc(-c3cnc(N(C)C4C[C@@H]5CCC[C@@H](C4)N5)nn3)c3scnc23)sn1. The summed E-state index contributed by atoms with van der Waals surface area (Å²) in [5.41, 5.74) is 6.83. The van der Waals surface area contributed by atoms with Crippen molar-refractivity contribution in [3.05, 3.63) is 35.6 Å². The Bertz CT molecular complexity index is 1240. The second kappa shape index (κ2) is 8.13. The Hall–Kier alpha value is -2.49. The smallest absolute Gasteiger partial charge is 0.245 e. The molecule has 3 aromatic heterocycles. The number of nitrogens with zero attached hydrogens (tertiary/aromatic N) is 6. The van der Waals surface area contributed by atoms with Crippen LogP contribution in [0.1, 0.15) is 37.8 Å². The molecule has 2 fully saturated rings. The highest BCUT2D eigenvalue weighted by Gasteiger charge is 2.33. The minimum Gasteiger partial charge on any atom is -0.339 e. The van der Waals surface area contributed by atoms with Crippen LogP contribution >= 0.6 is 22.9 Å². The van der Waals surface area contributed by atoms with Gasteiger partial charge in [0, 0.05) is 36.3 Å². The van der Waals surface area contributed by atoms with E-state index < -0.39 is 0 Å². The van der Waals surface area contributed by atoms with Crippen molar-refractivity contribution < 1.29 is 0 Å². The van der Waals surface area contributed by atoms with Crippen LogP contribution in [0.5, 0.6) is 0 Å². The van der Waals surface area contributed by atoms with Gasteiger partial charge in [-0.1, -0.05) is 18.6 Å². The van der Waals surface area contributed by atoms with Crippen LogP contribution in [0.15, 0.2) is 29.9 Å². The van der Waals surface area contributed by atoms with Crippen molar-refractivity contribution in [1.29, 1.82) is 0 Å². The Morgan fingerprint density at radius 1 is 1.06 bits per heavy atom. The van der Waals surface area contributed by atoms with Crippen LogP contribution in [0, 0.1) is 6.92 Å². The molecule has 0 saturated carbocycles. The van der Waals surface area contributed by atoms with Crippen molar-refractivity contribution in [2.24, 2.45) is 0 Å². The van der Waals surface area contributed by atoms with Gasteiger partial charge in [-0.2, -0.15) is 4.37 Å². The number of nitrogens with one attached hydrogen (secondary N) is 1. The maximum absolute atomic E-state index is 4.71. The first kappa shape index (κ1) is 20.1. The molecule has 6 rings (SSSR count). The number of hydrogen-bond acceptors (Lipinski definition) is 9. The average molecular weight is 464 g/mol. The normalized spacial score (nSPS) is 22.9. The molecule has 0 unspecified atom stereocenters. The van der Waals surface area contributed by atoms with Crippen LogP contribution in [-0.4, -0.2) is 49.7 Å². The highest BCUT2D eigenvalue weighted by atomic mass is 32.1. The van der Waals surface area contributed by atoms with Gasteiger partial charge in [-0.15, -0.1) is 21.5 Å². The number of hydrogen-bond donors (Lipinski definition) is 1. The number of thiazole rings is 1. The van der Waals surface area contributed by atoms with Gasteiger partial charge < -0.3 is 10.2 Å². The number of benzene rings is 1. The Labute approximate surface area is 195 Å². The summed E-state index contributed by atoms with van der Waals surface area (Å²) in [6.45, 7) is 2.02. The molecule has 0 aliphatic carbocycles. The first-order chi connectivity index (χ1) is 15.7. The molecule has 7 nitrogen and oxygen atoms in total. The number of aryl methyl sites for hydroxylation is 1. The van der Waals surface area contributed by atoms with Crippen LogP contribution in [-0.2, 0) is 0 Å². The maximum atomic E-state index is 4.71. The van der Waals surface area contributed by atoms with Crippen molar-refractivity contribution in [2.45, 2.75) is 57.2 Å². The van der Waals surface area contributed by atoms with Crippen molar-refractivity contribution >= 4 is 39.0 Å². The topological polar surface area (TPSA) is 79.7 Å². The molecule has 2 saturated heterocycles. The van der Waals surface area contributed by atoms with Gasteiger partial charge in [0.05, 0.1) is 32.5 Å². The minimum atomic E-state index is 0.467.